The highest BCUT2D eigenvalue weighted by Gasteiger charge is 2.30. The molecule has 0 aliphatic rings. The number of benzene rings is 1. The van der Waals surface area contributed by atoms with Crippen molar-refractivity contribution >= 4 is 43.5 Å². The molecular weight excluding hydrogens is 422 g/mol. The number of rotatable bonds is 5. The van der Waals surface area contributed by atoms with Crippen LogP contribution < -0.4 is 5.84 Å². The molecule has 138 valence electrons. The fourth-order valence-electron chi connectivity index (χ4n) is 2.22. The number of halogens is 1. The van der Waals surface area contributed by atoms with E-state index in [4.69, 9.17) is 29.7 Å². The summed E-state index contributed by atoms with van der Waals surface area (Å²) in [6.45, 7) is 0. The predicted octanol–water partition coefficient (Wildman–Crippen LogP) is 1.44. The molecule has 0 saturated heterocycles. The van der Waals surface area contributed by atoms with Gasteiger partial charge >= 0.3 is 0 Å². The van der Waals surface area contributed by atoms with Crippen molar-refractivity contribution in [1.82, 2.24) is 19.9 Å². The second-order valence-electron chi connectivity index (χ2n) is 5.22. The lowest BCUT2D eigenvalue weighted by atomic mass is 10.4. The van der Waals surface area contributed by atoms with Crippen LogP contribution in [0.2, 0.25) is 5.02 Å². The number of aromatic nitrogens is 4. The van der Waals surface area contributed by atoms with E-state index in [2.05, 4.69) is 15.2 Å². The van der Waals surface area contributed by atoms with E-state index in [1.54, 1.807) is 0 Å². The first-order valence-corrected chi connectivity index (χ1v) is 10.9. The largest absolute Gasteiger partial charge is 0.365 e. The molecule has 13 heteroatoms. The first-order chi connectivity index (χ1) is 12.1. The van der Waals surface area contributed by atoms with Crippen molar-refractivity contribution in [3.05, 3.63) is 52.3 Å². The molecule has 0 unspecified atom stereocenters. The molecule has 3 rings (SSSR count). The van der Waals surface area contributed by atoms with Gasteiger partial charge < -0.3 is 10.8 Å². The molecule has 0 aliphatic carbocycles. The molecule has 0 amide bonds. The Balaban J connectivity index is 2.06. The molecule has 0 spiro atoms. The van der Waals surface area contributed by atoms with Gasteiger partial charge in [-0.25, -0.2) is 21.5 Å². The lowest BCUT2D eigenvalue weighted by molar-refractivity contribution is 0.582. The van der Waals surface area contributed by atoms with Crippen molar-refractivity contribution in [2.75, 3.05) is 5.84 Å². The van der Waals surface area contributed by atoms with Crippen LogP contribution in [0, 0.1) is 4.77 Å². The van der Waals surface area contributed by atoms with Crippen LogP contribution in [0.25, 0.3) is 0 Å². The maximum atomic E-state index is 12.8. The monoisotopic (exact) mass is 433 g/mol. The SMILES string of the molecule is Nn1c(CS(=O)(=O)c2c[nH]cc2S(=O)(=O)c2ccc(Cl)cc2)n[nH]c1=S. The molecule has 0 radical (unpaired) electrons. The van der Waals surface area contributed by atoms with Gasteiger partial charge in [-0.1, -0.05) is 11.6 Å². The first-order valence-electron chi connectivity index (χ1n) is 6.94. The van der Waals surface area contributed by atoms with Crippen molar-refractivity contribution in [3.8, 4) is 0 Å². The standard InChI is InChI=1S/C13H12ClN5O4S3/c14-8-1-3-9(4-2-8)26(22,23)11-6-16-5-10(11)25(20,21)7-12-17-18-13(24)19(12)15/h1-6,16H,7,15H2,(H,18,24). The number of sulfone groups is 2. The molecule has 9 nitrogen and oxygen atoms in total. The van der Waals surface area contributed by atoms with Gasteiger partial charge in [-0.15, -0.1) is 0 Å². The molecule has 2 aromatic heterocycles. The van der Waals surface area contributed by atoms with E-state index >= 15 is 0 Å². The van der Waals surface area contributed by atoms with E-state index in [1.807, 2.05) is 0 Å². The smallest absolute Gasteiger partial charge is 0.214 e. The Bertz CT molecular complexity index is 1220. The van der Waals surface area contributed by atoms with Gasteiger partial charge in [0.05, 0.1) is 4.90 Å². The summed E-state index contributed by atoms with van der Waals surface area (Å²) in [6.07, 6.45) is 2.20. The van der Waals surface area contributed by atoms with Crippen molar-refractivity contribution in [1.29, 1.82) is 0 Å². The number of nitrogen functional groups attached to an aromatic ring is 1. The number of aromatic amines is 2. The highest BCUT2D eigenvalue weighted by atomic mass is 35.5. The summed E-state index contributed by atoms with van der Waals surface area (Å²) in [5.74, 6) is 4.93. The van der Waals surface area contributed by atoms with Gasteiger partial charge in [0.2, 0.25) is 14.6 Å². The Kier molecular flexibility index (Phi) is 4.69. The summed E-state index contributed by atoms with van der Waals surface area (Å²) in [5, 5.41) is 6.46. The highest BCUT2D eigenvalue weighted by molar-refractivity contribution is 7.94. The Morgan fingerprint density at radius 2 is 1.73 bits per heavy atom. The van der Waals surface area contributed by atoms with Gasteiger partial charge in [0.25, 0.3) is 0 Å². The second-order valence-corrected chi connectivity index (χ2v) is 9.91. The summed E-state index contributed by atoms with van der Waals surface area (Å²) in [6, 6.07) is 5.40. The van der Waals surface area contributed by atoms with Crippen LogP contribution in [-0.4, -0.2) is 36.7 Å². The zero-order valence-electron chi connectivity index (χ0n) is 12.9. The molecule has 3 aromatic rings. The van der Waals surface area contributed by atoms with E-state index in [-0.39, 0.29) is 25.3 Å². The van der Waals surface area contributed by atoms with Crippen molar-refractivity contribution in [2.24, 2.45) is 0 Å². The van der Waals surface area contributed by atoms with E-state index < -0.39 is 25.4 Å². The van der Waals surface area contributed by atoms with E-state index in [0.717, 1.165) is 17.1 Å². The number of nitrogens with zero attached hydrogens (tertiary/aromatic N) is 2. The Morgan fingerprint density at radius 3 is 2.31 bits per heavy atom. The summed E-state index contributed by atoms with van der Waals surface area (Å²) in [5.41, 5.74) is 0. The fourth-order valence-corrected chi connectivity index (χ4v) is 5.81. The van der Waals surface area contributed by atoms with Gasteiger partial charge in [-0.3, -0.25) is 5.10 Å². The van der Waals surface area contributed by atoms with Crippen LogP contribution in [0.1, 0.15) is 5.82 Å². The molecule has 0 aliphatic heterocycles. The predicted molar refractivity (Wildman–Crippen MR) is 96.1 cm³/mol. The van der Waals surface area contributed by atoms with Crippen LogP contribution in [0.5, 0.6) is 0 Å². The van der Waals surface area contributed by atoms with E-state index in [0.29, 0.717) is 5.02 Å². The maximum Gasteiger partial charge on any atom is 0.214 e. The van der Waals surface area contributed by atoms with Crippen LogP contribution in [0.3, 0.4) is 0 Å². The van der Waals surface area contributed by atoms with E-state index in [9.17, 15) is 16.8 Å². The second kappa shape index (κ2) is 6.54. The lowest BCUT2D eigenvalue weighted by Crippen LogP contribution is -2.17. The maximum absolute atomic E-state index is 12.8. The minimum atomic E-state index is -4.08. The molecule has 2 heterocycles. The average molecular weight is 434 g/mol. The highest BCUT2D eigenvalue weighted by Crippen LogP contribution is 2.29. The number of hydrogen-bond donors (Lipinski definition) is 3. The molecule has 0 bridgehead atoms. The third-order valence-electron chi connectivity index (χ3n) is 3.52. The van der Waals surface area contributed by atoms with Crippen molar-refractivity contribution < 1.29 is 16.8 Å². The van der Waals surface area contributed by atoms with Crippen LogP contribution in [0.4, 0.5) is 0 Å². The number of hydrogen-bond acceptors (Lipinski definition) is 7. The van der Waals surface area contributed by atoms with Crippen molar-refractivity contribution in [3.63, 3.8) is 0 Å². The fraction of sp³-hybridized carbons (Fsp3) is 0.0769. The molecular formula is C13H12ClN5O4S3. The van der Waals surface area contributed by atoms with Gasteiger partial charge in [-0.2, -0.15) is 5.10 Å². The number of H-pyrrole nitrogens is 2. The molecule has 4 N–H and O–H groups in total. The summed E-state index contributed by atoms with van der Waals surface area (Å²) >= 11 is 10.6. The quantitative estimate of drug-likeness (QED) is 0.408. The van der Waals surface area contributed by atoms with Crippen LogP contribution in [0.15, 0.2) is 51.3 Å². The Labute approximate surface area is 158 Å². The summed E-state index contributed by atoms with van der Waals surface area (Å²) in [4.78, 5) is 1.68. The topological polar surface area (TPSA) is 144 Å². The molecule has 1 aromatic carbocycles. The summed E-state index contributed by atoms with van der Waals surface area (Å²) in [7, 11) is -8.15. The normalized spacial score (nSPS) is 12.3. The van der Waals surface area contributed by atoms with Gasteiger partial charge in [-0.05, 0) is 36.5 Å². The van der Waals surface area contributed by atoms with Crippen molar-refractivity contribution in [2.45, 2.75) is 20.4 Å². The lowest BCUT2D eigenvalue weighted by Gasteiger charge is -2.07. The third-order valence-corrected chi connectivity index (χ3v) is 7.64. The minimum Gasteiger partial charge on any atom is -0.365 e. The molecule has 0 fully saturated rings. The Hall–Kier alpha value is -2.15. The number of nitrogens with two attached hydrogens (primary N) is 1. The van der Waals surface area contributed by atoms with Crippen LogP contribution in [-0.2, 0) is 25.4 Å². The minimum absolute atomic E-state index is 0.0401. The molecule has 26 heavy (non-hydrogen) atoms. The third kappa shape index (κ3) is 3.28. The number of nitrogens with one attached hydrogen (secondary N) is 2. The van der Waals surface area contributed by atoms with Gasteiger partial charge in [0, 0.05) is 17.4 Å². The van der Waals surface area contributed by atoms with Crippen LogP contribution >= 0.6 is 23.8 Å². The average Bonchev–Trinajstić information content (AvgIpc) is 3.19. The zero-order chi connectivity index (χ0) is 19.1. The Morgan fingerprint density at radius 1 is 1.12 bits per heavy atom. The zero-order valence-corrected chi connectivity index (χ0v) is 16.1. The molecule has 0 saturated carbocycles. The van der Waals surface area contributed by atoms with E-state index in [1.165, 1.54) is 24.3 Å². The first kappa shape index (κ1) is 18.6. The molecule has 0 atom stereocenters. The van der Waals surface area contributed by atoms with Gasteiger partial charge in [0.1, 0.15) is 15.5 Å². The summed E-state index contributed by atoms with van der Waals surface area (Å²) < 4.78 is 52.0. The van der Waals surface area contributed by atoms with Gasteiger partial charge in [0.15, 0.2) is 15.7 Å².